The maximum Gasteiger partial charge on any atom is 0.326 e. The minimum Gasteiger partial charge on any atom is -0.480 e. The third kappa shape index (κ3) is 1.75. The zero-order chi connectivity index (χ0) is 8.43. The summed E-state index contributed by atoms with van der Waals surface area (Å²) < 4.78 is 0. The average molecular weight is 172 g/mol. The van der Waals surface area contributed by atoms with E-state index < -0.39 is 12.0 Å². The van der Waals surface area contributed by atoms with Crippen LogP contribution in [0.25, 0.3) is 0 Å². The van der Waals surface area contributed by atoms with E-state index in [4.69, 9.17) is 10.8 Å². The molecule has 1 aromatic heterocycles. The van der Waals surface area contributed by atoms with Crippen LogP contribution in [0.5, 0.6) is 0 Å². The van der Waals surface area contributed by atoms with Gasteiger partial charge >= 0.3 is 5.97 Å². The van der Waals surface area contributed by atoms with Gasteiger partial charge in [-0.25, -0.2) is 4.98 Å². The number of hydrogen-bond donors (Lipinski definition) is 2. The first-order chi connectivity index (χ1) is 5.11. The van der Waals surface area contributed by atoms with Crippen LogP contribution < -0.4 is 5.73 Å². The van der Waals surface area contributed by atoms with E-state index in [9.17, 15) is 4.79 Å². The van der Waals surface area contributed by atoms with E-state index in [-0.39, 0.29) is 0 Å². The van der Waals surface area contributed by atoms with Gasteiger partial charge in [0.15, 0.2) is 0 Å². The van der Waals surface area contributed by atoms with Crippen molar-refractivity contribution in [1.29, 1.82) is 0 Å². The highest BCUT2D eigenvalue weighted by molar-refractivity contribution is 7.09. The number of thiazole rings is 1. The van der Waals surface area contributed by atoms with Crippen molar-refractivity contribution in [3.63, 3.8) is 0 Å². The zero-order valence-electron chi connectivity index (χ0n) is 5.94. The summed E-state index contributed by atoms with van der Waals surface area (Å²) >= 11 is 1.40. The van der Waals surface area contributed by atoms with Crippen LogP contribution in [0, 0.1) is 6.92 Å². The third-order valence-electron chi connectivity index (χ3n) is 1.22. The lowest BCUT2D eigenvalue weighted by atomic mass is 10.2. The molecule has 1 heterocycles. The van der Waals surface area contributed by atoms with Crippen molar-refractivity contribution in [3.05, 3.63) is 16.1 Å². The fourth-order valence-corrected chi connectivity index (χ4v) is 1.30. The average Bonchev–Trinajstić information content (AvgIpc) is 2.34. The molecule has 0 amide bonds. The quantitative estimate of drug-likeness (QED) is 0.682. The van der Waals surface area contributed by atoms with Crippen LogP contribution in [-0.4, -0.2) is 16.1 Å². The summed E-state index contributed by atoms with van der Waals surface area (Å²) in [5, 5.41) is 11.0. The Morgan fingerprint density at radius 3 is 2.91 bits per heavy atom. The molecule has 1 aromatic rings. The molecule has 0 aliphatic heterocycles. The van der Waals surface area contributed by atoms with Gasteiger partial charge in [0.05, 0.1) is 10.7 Å². The first-order valence-electron chi connectivity index (χ1n) is 3.01. The Morgan fingerprint density at radius 1 is 1.91 bits per heavy atom. The highest BCUT2D eigenvalue weighted by atomic mass is 32.1. The Morgan fingerprint density at radius 2 is 2.55 bits per heavy atom. The Kier molecular flexibility index (Phi) is 2.21. The molecule has 3 N–H and O–H groups in total. The fraction of sp³-hybridized carbons (Fsp3) is 0.333. The number of hydrogen-bond acceptors (Lipinski definition) is 4. The first kappa shape index (κ1) is 8.16. The van der Waals surface area contributed by atoms with E-state index in [0.29, 0.717) is 5.69 Å². The van der Waals surface area contributed by atoms with Crippen LogP contribution in [0.4, 0.5) is 0 Å². The number of carbonyl (C=O) groups is 1. The predicted molar refractivity (Wildman–Crippen MR) is 41.4 cm³/mol. The molecule has 0 saturated heterocycles. The number of aliphatic carboxylic acids is 1. The molecule has 1 rings (SSSR count). The molecule has 0 spiro atoms. The SMILES string of the molecule is Cc1nc([C@@H](N)C(=O)O)cs1. The summed E-state index contributed by atoms with van der Waals surface area (Å²) in [6.45, 7) is 1.81. The van der Waals surface area contributed by atoms with Crippen molar-refractivity contribution in [1.82, 2.24) is 4.98 Å². The van der Waals surface area contributed by atoms with Crippen LogP contribution in [-0.2, 0) is 4.79 Å². The molecule has 0 saturated carbocycles. The second-order valence-corrected chi connectivity index (χ2v) is 3.17. The lowest BCUT2D eigenvalue weighted by Crippen LogP contribution is -2.20. The summed E-state index contributed by atoms with van der Waals surface area (Å²) in [4.78, 5) is 14.3. The molecule has 0 aliphatic rings. The molecule has 0 aromatic carbocycles. The number of rotatable bonds is 2. The molecular weight excluding hydrogens is 164 g/mol. The van der Waals surface area contributed by atoms with Gasteiger partial charge in [-0.15, -0.1) is 11.3 Å². The van der Waals surface area contributed by atoms with E-state index >= 15 is 0 Å². The molecule has 0 fully saturated rings. The van der Waals surface area contributed by atoms with Crippen molar-refractivity contribution < 1.29 is 9.90 Å². The Bertz CT molecular complexity index is 271. The molecule has 5 heteroatoms. The van der Waals surface area contributed by atoms with Crippen LogP contribution >= 0.6 is 11.3 Å². The summed E-state index contributed by atoms with van der Waals surface area (Å²) in [6.07, 6.45) is 0. The maximum atomic E-state index is 10.3. The van der Waals surface area contributed by atoms with Crippen LogP contribution in [0.2, 0.25) is 0 Å². The molecule has 0 unspecified atom stereocenters. The molecule has 4 nitrogen and oxygen atoms in total. The van der Waals surface area contributed by atoms with Gasteiger partial charge in [-0.2, -0.15) is 0 Å². The van der Waals surface area contributed by atoms with Crippen molar-refractivity contribution in [3.8, 4) is 0 Å². The largest absolute Gasteiger partial charge is 0.480 e. The van der Waals surface area contributed by atoms with Gasteiger partial charge in [-0.1, -0.05) is 0 Å². The fourth-order valence-electron chi connectivity index (χ4n) is 0.650. The number of aromatic nitrogens is 1. The van der Waals surface area contributed by atoms with E-state index in [2.05, 4.69) is 4.98 Å². The normalized spacial score (nSPS) is 12.9. The van der Waals surface area contributed by atoms with Crippen molar-refractivity contribution in [2.24, 2.45) is 5.73 Å². The number of nitrogens with two attached hydrogens (primary N) is 1. The summed E-state index contributed by atoms with van der Waals surface area (Å²) in [5.41, 5.74) is 5.73. The van der Waals surface area contributed by atoms with Crippen LogP contribution in [0.3, 0.4) is 0 Å². The Hall–Kier alpha value is -0.940. The topological polar surface area (TPSA) is 76.2 Å². The number of aryl methyl sites for hydroxylation is 1. The Labute approximate surface area is 67.7 Å². The van der Waals surface area contributed by atoms with Gasteiger partial charge in [-0.3, -0.25) is 4.79 Å². The van der Waals surface area contributed by atoms with E-state index in [1.54, 1.807) is 5.38 Å². The molecule has 1 atom stereocenters. The summed E-state index contributed by atoms with van der Waals surface area (Å²) in [6, 6.07) is -0.986. The van der Waals surface area contributed by atoms with Gasteiger partial charge in [0.2, 0.25) is 0 Å². The highest BCUT2D eigenvalue weighted by Gasteiger charge is 2.16. The second kappa shape index (κ2) is 2.98. The molecular formula is C6H8N2O2S. The minimum atomic E-state index is -1.05. The zero-order valence-corrected chi connectivity index (χ0v) is 6.76. The summed E-state index contributed by atoms with van der Waals surface area (Å²) in [5.74, 6) is -1.05. The lowest BCUT2D eigenvalue weighted by Gasteiger charge is -1.99. The standard InChI is InChI=1S/C6H8N2O2S/c1-3-8-4(2-11-3)5(7)6(9)10/h2,5H,7H2,1H3,(H,9,10)/t5-/m1/s1. The van der Waals surface area contributed by atoms with Crippen molar-refractivity contribution >= 4 is 17.3 Å². The van der Waals surface area contributed by atoms with E-state index in [1.807, 2.05) is 6.92 Å². The maximum absolute atomic E-state index is 10.3. The number of carboxylic acid groups (broad SMARTS) is 1. The van der Waals surface area contributed by atoms with Crippen LogP contribution in [0.15, 0.2) is 5.38 Å². The third-order valence-corrected chi connectivity index (χ3v) is 2.01. The number of nitrogens with zero attached hydrogens (tertiary/aromatic N) is 1. The molecule has 0 bridgehead atoms. The monoisotopic (exact) mass is 172 g/mol. The van der Waals surface area contributed by atoms with Gasteiger partial charge in [0.1, 0.15) is 6.04 Å². The molecule has 0 radical (unpaired) electrons. The molecule has 11 heavy (non-hydrogen) atoms. The van der Waals surface area contributed by atoms with Gasteiger partial charge < -0.3 is 10.8 Å². The van der Waals surface area contributed by atoms with Crippen LogP contribution in [0.1, 0.15) is 16.7 Å². The Balaban J connectivity index is 2.84. The van der Waals surface area contributed by atoms with Crippen molar-refractivity contribution in [2.45, 2.75) is 13.0 Å². The smallest absolute Gasteiger partial charge is 0.326 e. The molecule has 0 aliphatic carbocycles. The molecule has 60 valence electrons. The van der Waals surface area contributed by atoms with E-state index in [1.165, 1.54) is 11.3 Å². The van der Waals surface area contributed by atoms with Gasteiger partial charge in [-0.05, 0) is 6.92 Å². The lowest BCUT2D eigenvalue weighted by molar-refractivity contribution is -0.138. The highest BCUT2D eigenvalue weighted by Crippen LogP contribution is 2.13. The van der Waals surface area contributed by atoms with Gasteiger partial charge in [0, 0.05) is 5.38 Å². The van der Waals surface area contributed by atoms with E-state index in [0.717, 1.165) is 5.01 Å². The summed E-state index contributed by atoms with van der Waals surface area (Å²) in [7, 11) is 0. The minimum absolute atomic E-state index is 0.431. The first-order valence-corrected chi connectivity index (χ1v) is 3.89. The second-order valence-electron chi connectivity index (χ2n) is 2.11. The van der Waals surface area contributed by atoms with Crippen molar-refractivity contribution in [2.75, 3.05) is 0 Å². The number of carboxylic acids is 1. The predicted octanol–water partition coefficient (Wildman–Crippen LogP) is 0.536. The van der Waals surface area contributed by atoms with Gasteiger partial charge in [0.25, 0.3) is 0 Å².